The first-order valence-electron chi connectivity index (χ1n) is 6.49. The number of hydrogen-bond acceptors (Lipinski definition) is 3. The van der Waals surface area contributed by atoms with Gasteiger partial charge >= 0.3 is 12.0 Å². The number of urea groups is 1. The van der Waals surface area contributed by atoms with E-state index in [1.165, 1.54) is 6.07 Å². The quantitative estimate of drug-likeness (QED) is 0.866. The molecule has 0 saturated carbocycles. The maximum atomic E-state index is 12.1. The van der Waals surface area contributed by atoms with Crippen LogP contribution in [0.4, 0.5) is 10.5 Å². The standard InChI is InChI=1S/C14H18N2O4/c1-9-7-11(3-4-12(9)13(17)18)15-14(19)16-5-6-20-10(2)8-16/h3-4,7,10H,5-6,8H2,1-2H3,(H,15,19)(H,17,18). The first-order valence-corrected chi connectivity index (χ1v) is 6.49. The van der Waals surface area contributed by atoms with Gasteiger partial charge < -0.3 is 20.1 Å². The van der Waals surface area contributed by atoms with Crippen molar-refractivity contribution in [1.29, 1.82) is 0 Å². The number of hydrogen-bond donors (Lipinski definition) is 2. The van der Waals surface area contributed by atoms with Crippen molar-refractivity contribution >= 4 is 17.7 Å². The van der Waals surface area contributed by atoms with Crippen molar-refractivity contribution in [2.24, 2.45) is 0 Å². The van der Waals surface area contributed by atoms with Crippen LogP contribution in [0.1, 0.15) is 22.8 Å². The highest BCUT2D eigenvalue weighted by molar-refractivity contribution is 5.92. The molecule has 1 heterocycles. The van der Waals surface area contributed by atoms with Crippen LogP contribution in [0.2, 0.25) is 0 Å². The highest BCUT2D eigenvalue weighted by Crippen LogP contribution is 2.16. The predicted molar refractivity (Wildman–Crippen MR) is 74.1 cm³/mol. The Morgan fingerprint density at radius 1 is 1.45 bits per heavy atom. The Morgan fingerprint density at radius 3 is 2.80 bits per heavy atom. The lowest BCUT2D eigenvalue weighted by atomic mass is 10.1. The summed E-state index contributed by atoms with van der Waals surface area (Å²) >= 11 is 0. The monoisotopic (exact) mass is 278 g/mol. The molecule has 6 nitrogen and oxygen atoms in total. The Balaban J connectivity index is 2.04. The summed E-state index contributed by atoms with van der Waals surface area (Å²) < 4.78 is 5.38. The van der Waals surface area contributed by atoms with E-state index in [0.717, 1.165) is 0 Å². The number of nitrogens with zero attached hydrogens (tertiary/aromatic N) is 1. The van der Waals surface area contributed by atoms with E-state index in [0.29, 0.717) is 30.9 Å². The summed E-state index contributed by atoms with van der Waals surface area (Å²) in [7, 11) is 0. The molecule has 0 aliphatic carbocycles. The molecule has 1 aliphatic rings. The number of aromatic carboxylic acids is 1. The first-order chi connectivity index (χ1) is 9.47. The molecule has 1 saturated heterocycles. The summed E-state index contributed by atoms with van der Waals surface area (Å²) in [4.78, 5) is 24.7. The number of morpholine rings is 1. The number of rotatable bonds is 2. The highest BCUT2D eigenvalue weighted by atomic mass is 16.5. The second-order valence-electron chi connectivity index (χ2n) is 4.89. The Bertz CT molecular complexity index is 530. The number of carboxylic acids is 1. The summed E-state index contributed by atoms with van der Waals surface area (Å²) in [6.07, 6.45) is 0.0330. The fraction of sp³-hybridized carbons (Fsp3) is 0.429. The molecule has 0 aromatic heterocycles. The fourth-order valence-corrected chi connectivity index (χ4v) is 2.19. The van der Waals surface area contributed by atoms with E-state index in [2.05, 4.69) is 5.32 Å². The van der Waals surface area contributed by atoms with Crippen molar-refractivity contribution in [3.8, 4) is 0 Å². The van der Waals surface area contributed by atoms with E-state index in [-0.39, 0.29) is 17.7 Å². The number of carboxylic acid groups (broad SMARTS) is 1. The molecule has 1 atom stereocenters. The highest BCUT2D eigenvalue weighted by Gasteiger charge is 2.21. The molecule has 1 aliphatic heterocycles. The number of benzene rings is 1. The van der Waals surface area contributed by atoms with E-state index in [1.807, 2.05) is 6.92 Å². The van der Waals surface area contributed by atoms with Gasteiger partial charge in [-0.25, -0.2) is 9.59 Å². The third-order valence-corrected chi connectivity index (χ3v) is 3.24. The molecule has 1 aromatic carbocycles. The maximum Gasteiger partial charge on any atom is 0.335 e. The van der Waals surface area contributed by atoms with Gasteiger partial charge in [0.25, 0.3) is 0 Å². The van der Waals surface area contributed by atoms with Crippen LogP contribution in [0.5, 0.6) is 0 Å². The molecule has 2 amide bonds. The summed E-state index contributed by atoms with van der Waals surface area (Å²) in [5.41, 5.74) is 1.45. The lowest BCUT2D eigenvalue weighted by Gasteiger charge is -2.31. The Labute approximate surface area is 117 Å². The van der Waals surface area contributed by atoms with Gasteiger partial charge in [-0.05, 0) is 37.6 Å². The van der Waals surface area contributed by atoms with Gasteiger partial charge in [0, 0.05) is 18.8 Å². The number of carbonyl (C=O) groups is 2. The molecular weight excluding hydrogens is 260 g/mol. The van der Waals surface area contributed by atoms with E-state index in [1.54, 1.807) is 24.0 Å². The number of aryl methyl sites for hydroxylation is 1. The Hall–Kier alpha value is -2.08. The summed E-state index contributed by atoms with van der Waals surface area (Å²) in [5.74, 6) is -0.970. The van der Waals surface area contributed by atoms with Crippen molar-refractivity contribution in [1.82, 2.24) is 4.90 Å². The number of carbonyl (C=O) groups excluding carboxylic acids is 1. The molecule has 0 bridgehead atoms. The van der Waals surface area contributed by atoms with E-state index < -0.39 is 5.97 Å². The summed E-state index contributed by atoms with van der Waals surface area (Å²) in [6.45, 7) is 5.27. The minimum atomic E-state index is -0.970. The van der Waals surface area contributed by atoms with Crippen LogP contribution >= 0.6 is 0 Å². The Morgan fingerprint density at radius 2 is 2.20 bits per heavy atom. The molecular formula is C14H18N2O4. The lowest BCUT2D eigenvalue weighted by Crippen LogP contribution is -2.46. The van der Waals surface area contributed by atoms with Crippen molar-refractivity contribution in [2.75, 3.05) is 25.0 Å². The smallest absolute Gasteiger partial charge is 0.335 e. The van der Waals surface area contributed by atoms with Gasteiger partial charge in [0.15, 0.2) is 0 Å². The second kappa shape index (κ2) is 5.92. The van der Waals surface area contributed by atoms with Crippen molar-refractivity contribution in [3.05, 3.63) is 29.3 Å². The SMILES string of the molecule is Cc1cc(NC(=O)N2CCOC(C)C2)ccc1C(=O)O. The molecule has 1 unspecified atom stereocenters. The van der Waals surface area contributed by atoms with Gasteiger partial charge in [0.2, 0.25) is 0 Å². The van der Waals surface area contributed by atoms with Gasteiger partial charge in [-0.15, -0.1) is 0 Å². The van der Waals surface area contributed by atoms with E-state index in [4.69, 9.17) is 9.84 Å². The fourth-order valence-electron chi connectivity index (χ4n) is 2.19. The molecule has 20 heavy (non-hydrogen) atoms. The summed E-state index contributed by atoms with van der Waals surface area (Å²) in [5, 5.41) is 11.7. The third kappa shape index (κ3) is 3.27. The van der Waals surface area contributed by atoms with E-state index in [9.17, 15) is 9.59 Å². The minimum Gasteiger partial charge on any atom is -0.478 e. The van der Waals surface area contributed by atoms with Gasteiger partial charge in [-0.3, -0.25) is 0 Å². The minimum absolute atomic E-state index is 0.0330. The molecule has 0 radical (unpaired) electrons. The third-order valence-electron chi connectivity index (χ3n) is 3.24. The van der Waals surface area contributed by atoms with Crippen molar-refractivity contribution in [2.45, 2.75) is 20.0 Å². The average molecular weight is 278 g/mol. The number of nitrogens with one attached hydrogen (secondary N) is 1. The molecule has 0 spiro atoms. The zero-order valence-corrected chi connectivity index (χ0v) is 11.5. The topological polar surface area (TPSA) is 78.9 Å². The Kier molecular flexibility index (Phi) is 4.24. The normalized spacial score (nSPS) is 18.7. The van der Waals surface area contributed by atoms with Gasteiger partial charge in [-0.1, -0.05) is 0 Å². The molecule has 2 rings (SSSR count). The zero-order valence-electron chi connectivity index (χ0n) is 11.5. The lowest BCUT2D eigenvalue weighted by molar-refractivity contribution is -0.00138. The van der Waals surface area contributed by atoms with Crippen LogP contribution in [0, 0.1) is 6.92 Å². The maximum absolute atomic E-state index is 12.1. The van der Waals surface area contributed by atoms with Crippen molar-refractivity contribution in [3.63, 3.8) is 0 Å². The van der Waals surface area contributed by atoms with Crippen molar-refractivity contribution < 1.29 is 19.4 Å². The molecule has 108 valence electrons. The first kappa shape index (κ1) is 14.3. The van der Waals surface area contributed by atoms with E-state index >= 15 is 0 Å². The molecule has 1 fully saturated rings. The largest absolute Gasteiger partial charge is 0.478 e. The van der Waals surface area contributed by atoms with Gasteiger partial charge in [0.05, 0.1) is 18.3 Å². The predicted octanol–water partition coefficient (Wildman–Crippen LogP) is 1.95. The molecule has 1 aromatic rings. The van der Waals surface area contributed by atoms with Gasteiger partial charge in [-0.2, -0.15) is 0 Å². The zero-order chi connectivity index (χ0) is 14.7. The van der Waals surface area contributed by atoms with Crippen LogP contribution in [0.3, 0.4) is 0 Å². The molecule has 2 N–H and O–H groups in total. The van der Waals surface area contributed by atoms with Gasteiger partial charge in [0.1, 0.15) is 0 Å². The second-order valence-corrected chi connectivity index (χ2v) is 4.89. The summed E-state index contributed by atoms with van der Waals surface area (Å²) in [6, 6.07) is 4.56. The average Bonchev–Trinajstić information content (AvgIpc) is 2.38. The van der Waals surface area contributed by atoms with Crippen LogP contribution in [-0.2, 0) is 4.74 Å². The molecule has 6 heteroatoms. The van der Waals surface area contributed by atoms with Crippen LogP contribution < -0.4 is 5.32 Å². The van der Waals surface area contributed by atoms with Crippen LogP contribution in [-0.4, -0.2) is 47.8 Å². The van der Waals surface area contributed by atoms with Crippen LogP contribution in [0.15, 0.2) is 18.2 Å². The number of amides is 2. The number of ether oxygens (including phenoxy) is 1. The number of anilines is 1. The van der Waals surface area contributed by atoms with Crippen LogP contribution in [0.25, 0.3) is 0 Å².